The first-order valence-electron chi connectivity index (χ1n) is 7.95. The summed E-state index contributed by atoms with van der Waals surface area (Å²) in [5, 5.41) is 0. The lowest BCUT2D eigenvalue weighted by Gasteiger charge is -2.38. The van der Waals surface area contributed by atoms with Gasteiger partial charge in [0.05, 0.1) is 0 Å². The second-order valence-corrected chi connectivity index (χ2v) is 6.05. The van der Waals surface area contributed by atoms with Gasteiger partial charge in [-0.05, 0) is 49.9 Å². The fourth-order valence-electron chi connectivity index (χ4n) is 3.48. The number of benzene rings is 1. The molecule has 0 bridgehead atoms. The van der Waals surface area contributed by atoms with Crippen LogP contribution in [-0.2, 0) is 6.42 Å². The van der Waals surface area contributed by atoms with E-state index in [1.54, 1.807) is 0 Å². The largest absolute Gasteiger partial charge is 0.369 e. The number of hydrogen-bond acceptors (Lipinski definition) is 2. The van der Waals surface area contributed by atoms with E-state index in [0.29, 0.717) is 0 Å². The van der Waals surface area contributed by atoms with Gasteiger partial charge in [-0.1, -0.05) is 25.5 Å². The third kappa shape index (κ3) is 2.94. The molecule has 0 N–H and O–H groups in total. The molecule has 1 unspecified atom stereocenters. The van der Waals surface area contributed by atoms with Gasteiger partial charge in [-0.15, -0.1) is 0 Å². The average molecular weight is 258 g/mol. The van der Waals surface area contributed by atoms with Gasteiger partial charge in [0.25, 0.3) is 0 Å². The molecule has 3 rings (SSSR count). The molecule has 2 heterocycles. The summed E-state index contributed by atoms with van der Waals surface area (Å²) < 4.78 is 0. The van der Waals surface area contributed by atoms with Crippen LogP contribution in [-0.4, -0.2) is 37.1 Å². The number of hydrogen-bond donors (Lipinski definition) is 0. The topological polar surface area (TPSA) is 6.48 Å². The summed E-state index contributed by atoms with van der Waals surface area (Å²) in [7, 11) is 0. The van der Waals surface area contributed by atoms with Gasteiger partial charge in [0.2, 0.25) is 0 Å². The normalized spacial score (nSPS) is 23.6. The van der Waals surface area contributed by atoms with E-state index < -0.39 is 0 Å². The Morgan fingerprint density at radius 1 is 1.11 bits per heavy atom. The third-order valence-electron chi connectivity index (χ3n) is 4.71. The summed E-state index contributed by atoms with van der Waals surface area (Å²) in [4.78, 5) is 5.25. The molecule has 0 amide bonds. The summed E-state index contributed by atoms with van der Waals surface area (Å²) in [5.74, 6) is 0. The Morgan fingerprint density at radius 2 is 1.95 bits per heavy atom. The van der Waals surface area contributed by atoms with Crippen LogP contribution in [0.4, 0.5) is 5.69 Å². The molecule has 104 valence electrons. The average Bonchev–Trinajstić information content (AvgIpc) is 2.93. The van der Waals surface area contributed by atoms with Crippen LogP contribution < -0.4 is 4.90 Å². The molecular weight excluding hydrogens is 232 g/mol. The van der Waals surface area contributed by atoms with Crippen molar-refractivity contribution in [1.29, 1.82) is 0 Å². The Labute approximate surface area is 117 Å². The zero-order valence-corrected chi connectivity index (χ0v) is 12.1. The highest BCUT2D eigenvalue weighted by Crippen LogP contribution is 2.25. The second-order valence-electron chi connectivity index (χ2n) is 6.05. The monoisotopic (exact) mass is 258 g/mol. The van der Waals surface area contributed by atoms with Gasteiger partial charge in [-0.3, -0.25) is 4.90 Å². The molecule has 2 nitrogen and oxygen atoms in total. The second kappa shape index (κ2) is 5.96. The summed E-state index contributed by atoms with van der Waals surface area (Å²) in [5.41, 5.74) is 2.91. The van der Waals surface area contributed by atoms with Gasteiger partial charge >= 0.3 is 0 Å². The number of anilines is 1. The molecule has 0 spiro atoms. The molecule has 0 aliphatic carbocycles. The van der Waals surface area contributed by atoms with Gasteiger partial charge in [0.1, 0.15) is 0 Å². The fourth-order valence-corrected chi connectivity index (χ4v) is 3.48. The van der Waals surface area contributed by atoms with Crippen molar-refractivity contribution in [2.45, 2.75) is 45.1 Å². The molecule has 0 aromatic heterocycles. The minimum atomic E-state index is 0.813. The Kier molecular flexibility index (Phi) is 4.07. The van der Waals surface area contributed by atoms with Crippen LogP contribution in [0.25, 0.3) is 0 Å². The summed E-state index contributed by atoms with van der Waals surface area (Å²) in [6, 6.07) is 10.1. The maximum atomic E-state index is 2.67. The first-order chi connectivity index (χ1) is 9.36. The van der Waals surface area contributed by atoms with Crippen LogP contribution in [0, 0.1) is 0 Å². The number of rotatable bonds is 4. The van der Waals surface area contributed by atoms with E-state index in [4.69, 9.17) is 0 Å². The van der Waals surface area contributed by atoms with Crippen molar-refractivity contribution < 1.29 is 0 Å². The Bertz CT molecular complexity index is 398. The molecule has 0 radical (unpaired) electrons. The number of fused-ring (bicyclic) bond motifs is 1. The van der Waals surface area contributed by atoms with Crippen molar-refractivity contribution in [3.8, 4) is 0 Å². The fraction of sp³-hybridized carbons (Fsp3) is 0.647. The highest BCUT2D eigenvalue weighted by molar-refractivity contribution is 5.48. The molecule has 0 saturated carbocycles. The van der Waals surface area contributed by atoms with Gasteiger partial charge in [0.15, 0.2) is 0 Å². The summed E-state index contributed by atoms with van der Waals surface area (Å²) in [6.07, 6.45) is 6.61. The molecular formula is C17H26N2. The molecule has 2 fully saturated rings. The number of unbranched alkanes of at least 4 members (excludes halogenated alkanes) is 1. The predicted molar refractivity (Wildman–Crippen MR) is 81.9 cm³/mol. The van der Waals surface area contributed by atoms with E-state index in [2.05, 4.69) is 41.0 Å². The van der Waals surface area contributed by atoms with Gasteiger partial charge in [-0.25, -0.2) is 0 Å². The van der Waals surface area contributed by atoms with E-state index in [0.717, 1.165) is 6.04 Å². The molecule has 2 aliphatic heterocycles. The van der Waals surface area contributed by atoms with E-state index >= 15 is 0 Å². The van der Waals surface area contributed by atoms with E-state index in [-0.39, 0.29) is 0 Å². The summed E-state index contributed by atoms with van der Waals surface area (Å²) in [6.45, 7) is 7.27. The molecule has 2 aliphatic rings. The van der Waals surface area contributed by atoms with Crippen LogP contribution in [0.5, 0.6) is 0 Å². The van der Waals surface area contributed by atoms with Crippen LogP contribution in [0.15, 0.2) is 24.3 Å². The highest BCUT2D eigenvalue weighted by atomic mass is 15.3. The minimum Gasteiger partial charge on any atom is -0.369 e. The smallest absolute Gasteiger partial charge is 0.0367 e. The van der Waals surface area contributed by atoms with E-state index in [1.165, 1.54) is 69.5 Å². The SMILES string of the molecule is CCCCc1ccc(N2CCN3CCCC3C2)cc1. The Hall–Kier alpha value is -1.02. The van der Waals surface area contributed by atoms with Gasteiger partial charge in [-0.2, -0.15) is 0 Å². The lowest BCUT2D eigenvalue weighted by atomic mass is 10.1. The highest BCUT2D eigenvalue weighted by Gasteiger charge is 2.30. The molecule has 19 heavy (non-hydrogen) atoms. The maximum Gasteiger partial charge on any atom is 0.0367 e. The van der Waals surface area contributed by atoms with Crippen molar-refractivity contribution in [2.75, 3.05) is 31.1 Å². The van der Waals surface area contributed by atoms with Crippen molar-refractivity contribution in [3.63, 3.8) is 0 Å². The zero-order chi connectivity index (χ0) is 13.1. The molecule has 1 atom stereocenters. The van der Waals surface area contributed by atoms with E-state index in [1.807, 2.05) is 0 Å². The first-order valence-corrected chi connectivity index (χ1v) is 7.95. The van der Waals surface area contributed by atoms with Crippen LogP contribution in [0.2, 0.25) is 0 Å². The van der Waals surface area contributed by atoms with E-state index in [9.17, 15) is 0 Å². The van der Waals surface area contributed by atoms with Crippen molar-refractivity contribution in [3.05, 3.63) is 29.8 Å². The van der Waals surface area contributed by atoms with Crippen LogP contribution in [0.1, 0.15) is 38.2 Å². The Morgan fingerprint density at radius 3 is 2.74 bits per heavy atom. The van der Waals surface area contributed by atoms with Crippen molar-refractivity contribution in [2.24, 2.45) is 0 Å². The third-order valence-corrected chi connectivity index (χ3v) is 4.71. The van der Waals surface area contributed by atoms with Crippen LogP contribution in [0.3, 0.4) is 0 Å². The maximum absolute atomic E-state index is 2.67. The van der Waals surface area contributed by atoms with Crippen molar-refractivity contribution in [1.82, 2.24) is 4.90 Å². The quantitative estimate of drug-likeness (QED) is 0.817. The van der Waals surface area contributed by atoms with Gasteiger partial charge < -0.3 is 4.90 Å². The van der Waals surface area contributed by atoms with Crippen LogP contribution >= 0.6 is 0 Å². The Balaban J connectivity index is 1.62. The standard InChI is InChI=1S/C17H26N2/c1-2-3-5-15-7-9-16(10-8-15)19-13-12-18-11-4-6-17(18)14-19/h7-10,17H,2-6,11-14H2,1H3. The predicted octanol–water partition coefficient (Wildman–Crippen LogP) is 3.31. The number of nitrogens with zero attached hydrogens (tertiary/aromatic N) is 2. The first kappa shape index (κ1) is 13.0. The minimum absolute atomic E-state index is 0.813. The zero-order valence-electron chi connectivity index (χ0n) is 12.1. The number of aryl methyl sites for hydroxylation is 1. The summed E-state index contributed by atoms with van der Waals surface area (Å²) >= 11 is 0. The lowest BCUT2D eigenvalue weighted by molar-refractivity contribution is 0.231. The molecule has 1 aromatic rings. The molecule has 1 aromatic carbocycles. The lowest BCUT2D eigenvalue weighted by Crippen LogP contribution is -2.50. The molecule has 2 saturated heterocycles. The molecule has 2 heteroatoms. The van der Waals surface area contributed by atoms with Crippen molar-refractivity contribution >= 4 is 5.69 Å². The number of piperazine rings is 1. The van der Waals surface area contributed by atoms with Gasteiger partial charge in [0, 0.05) is 31.4 Å².